The van der Waals surface area contributed by atoms with E-state index in [9.17, 15) is 4.79 Å². The highest BCUT2D eigenvalue weighted by Gasteiger charge is 2.49. The summed E-state index contributed by atoms with van der Waals surface area (Å²) in [4.78, 5) is 15.7. The lowest BCUT2D eigenvalue weighted by Gasteiger charge is -2.47. The van der Waals surface area contributed by atoms with Crippen molar-refractivity contribution < 1.29 is 14.3 Å². The minimum Gasteiger partial charge on any atom is -0.497 e. The van der Waals surface area contributed by atoms with Crippen molar-refractivity contribution in [1.29, 1.82) is 0 Å². The maximum Gasteiger partial charge on any atom is 0.251 e. The number of nitrogens with zero attached hydrogens (tertiary/aromatic N) is 1. The van der Waals surface area contributed by atoms with Gasteiger partial charge in [-0.05, 0) is 62.1 Å². The molecular weight excluding hydrogens is 552 g/mol. The van der Waals surface area contributed by atoms with E-state index >= 15 is 0 Å². The Bertz CT molecular complexity index is 1230. The van der Waals surface area contributed by atoms with Crippen molar-refractivity contribution >= 4 is 11.6 Å². The summed E-state index contributed by atoms with van der Waals surface area (Å²) >= 11 is 0. The summed E-state index contributed by atoms with van der Waals surface area (Å²) in [5, 5.41) is 10.7. The van der Waals surface area contributed by atoms with Crippen LogP contribution in [0.15, 0.2) is 48.5 Å². The second kappa shape index (κ2) is 14.6. The Morgan fingerprint density at radius 3 is 2.61 bits per heavy atom. The molecule has 3 saturated heterocycles. The van der Waals surface area contributed by atoms with Gasteiger partial charge in [0.15, 0.2) is 0 Å². The third-order valence-electron chi connectivity index (χ3n) is 10.4. The maximum atomic E-state index is 13.1. The van der Waals surface area contributed by atoms with Gasteiger partial charge in [-0.2, -0.15) is 0 Å². The molecule has 4 unspecified atom stereocenters. The normalized spacial score (nSPS) is 28.2. The first kappa shape index (κ1) is 31.3. The Kier molecular flexibility index (Phi) is 10.4. The number of nitrogens with one attached hydrogen (secondary N) is 5. The minimum absolute atomic E-state index is 0.0965. The number of methoxy groups -OCH3 is 1. The number of hydrogen-bond donors (Lipinski definition) is 5. The van der Waals surface area contributed by atoms with Crippen LogP contribution in [0.1, 0.15) is 93.1 Å². The van der Waals surface area contributed by atoms with Crippen LogP contribution >= 0.6 is 0 Å². The van der Waals surface area contributed by atoms with Crippen molar-refractivity contribution in [3.63, 3.8) is 0 Å². The molecule has 1 saturated carbocycles. The SMILES string of the molecule is COc1cccc([C@H](C)NC(=O)c2cccc(NCC3NNC4C5CC6(CCCCCCCCC6)NCC5OCCN34)c2)c1. The summed E-state index contributed by atoms with van der Waals surface area (Å²) < 4.78 is 11.8. The van der Waals surface area contributed by atoms with E-state index in [0.717, 1.165) is 43.2 Å². The molecule has 1 spiro atoms. The number of carbonyl (C=O) groups is 1. The number of carbonyl (C=O) groups excluding carboxylic acids is 1. The summed E-state index contributed by atoms with van der Waals surface area (Å²) in [5.74, 6) is 1.13. The van der Waals surface area contributed by atoms with Crippen molar-refractivity contribution in [3.8, 4) is 5.75 Å². The van der Waals surface area contributed by atoms with E-state index in [1.165, 1.54) is 64.2 Å². The topological polar surface area (TPSA) is 98.9 Å². The second-order valence-electron chi connectivity index (χ2n) is 13.3. The summed E-state index contributed by atoms with van der Waals surface area (Å²) in [6, 6.07) is 15.4. The number of ether oxygens (including phenoxy) is 2. The zero-order valence-corrected chi connectivity index (χ0v) is 26.6. The fourth-order valence-electron chi connectivity index (χ4n) is 7.86. The van der Waals surface area contributed by atoms with E-state index < -0.39 is 0 Å². The zero-order chi connectivity index (χ0) is 30.4. The van der Waals surface area contributed by atoms with Gasteiger partial charge in [-0.15, -0.1) is 0 Å². The number of fused-ring (bicyclic) bond motifs is 3. The van der Waals surface area contributed by atoms with Gasteiger partial charge in [0.25, 0.3) is 5.91 Å². The van der Waals surface area contributed by atoms with E-state index in [-0.39, 0.29) is 35.9 Å². The Morgan fingerprint density at radius 2 is 1.82 bits per heavy atom. The predicted molar refractivity (Wildman–Crippen MR) is 174 cm³/mol. The number of anilines is 1. The van der Waals surface area contributed by atoms with Crippen molar-refractivity contribution in [1.82, 2.24) is 26.4 Å². The average molecular weight is 605 g/mol. The highest BCUT2D eigenvalue weighted by Crippen LogP contribution is 2.39. The standard InChI is InChI=1S/C35H52N6O3/c1-25(26-12-11-15-29(21-26)43-2)38-34(42)27-13-10-14-28(20-27)36-24-32-39-40-33-30-22-35(16-8-6-4-3-5-7-9-17-35)37-23-31(30)44-19-18-41(32)33/h10-15,20-21,25,30-33,36-37,39-40H,3-9,16-19,22-24H2,1-2H3,(H,38,42)/t25-,30?,31?,32?,33?/m0/s1. The molecule has 1 aliphatic carbocycles. The number of piperidine rings is 1. The van der Waals surface area contributed by atoms with Gasteiger partial charge in [-0.25, -0.2) is 10.9 Å². The van der Waals surface area contributed by atoms with Gasteiger partial charge in [-0.3, -0.25) is 9.69 Å². The Morgan fingerprint density at radius 1 is 1.05 bits per heavy atom. The smallest absolute Gasteiger partial charge is 0.251 e. The number of rotatable bonds is 7. The van der Waals surface area contributed by atoms with Gasteiger partial charge in [0.2, 0.25) is 0 Å². The van der Waals surface area contributed by atoms with E-state index in [4.69, 9.17) is 9.47 Å². The lowest BCUT2D eigenvalue weighted by molar-refractivity contribution is -0.0286. The molecule has 6 rings (SSSR count). The molecule has 4 fully saturated rings. The van der Waals surface area contributed by atoms with Crippen LogP contribution in [0.3, 0.4) is 0 Å². The third-order valence-corrected chi connectivity index (χ3v) is 10.4. The van der Waals surface area contributed by atoms with E-state index in [1.807, 2.05) is 55.5 Å². The molecule has 44 heavy (non-hydrogen) atoms. The molecule has 1 amide bonds. The van der Waals surface area contributed by atoms with Crippen molar-refractivity contribution in [3.05, 3.63) is 59.7 Å². The highest BCUT2D eigenvalue weighted by molar-refractivity contribution is 5.95. The van der Waals surface area contributed by atoms with Crippen molar-refractivity contribution in [2.24, 2.45) is 5.92 Å². The molecular formula is C35H52N6O3. The molecule has 0 bridgehead atoms. The van der Waals surface area contributed by atoms with E-state index in [2.05, 4.69) is 31.7 Å². The number of hydrazine groups is 1. The molecule has 240 valence electrons. The molecule has 5 atom stereocenters. The van der Waals surface area contributed by atoms with Crippen LogP contribution in [0.4, 0.5) is 5.69 Å². The third kappa shape index (κ3) is 7.40. The van der Waals surface area contributed by atoms with Gasteiger partial charge in [0, 0.05) is 42.3 Å². The minimum atomic E-state index is -0.139. The average Bonchev–Trinajstić information content (AvgIpc) is 3.37. The van der Waals surface area contributed by atoms with Crippen molar-refractivity contribution in [2.45, 2.75) is 101 Å². The molecule has 9 heteroatoms. The second-order valence-corrected chi connectivity index (χ2v) is 13.3. The molecule has 3 aliphatic heterocycles. The lowest BCUT2D eigenvalue weighted by atomic mass is 9.73. The largest absolute Gasteiger partial charge is 0.497 e. The Hall–Kier alpha value is -2.69. The van der Waals surface area contributed by atoms with Crippen molar-refractivity contribution in [2.75, 3.05) is 38.7 Å². The molecule has 3 heterocycles. The maximum absolute atomic E-state index is 13.1. The quantitative estimate of drug-likeness (QED) is 0.304. The first-order chi connectivity index (χ1) is 21.5. The fraction of sp³-hybridized carbons (Fsp3) is 0.629. The summed E-state index contributed by atoms with van der Waals surface area (Å²) in [5.41, 5.74) is 10.1. The van der Waals surface area contributed by atoms with Crippen LogP contribution in [0.25, 0.3) is 0 Å². The molecule has 0 radical (unpaired) electrons. The van der Waals surface area contributed by atoms with E-state index in [0.29, 0.717) is 11.5 Å². The number of benzene rings is 2. The predicted octanol–water partition coefficient (Wildman–Crippen LogP) is 4.93. The first-order valence-electron chi connectivity index (χ1n) is 17.0. The van der Waals surface area contributed by atoms with Gasteiger partial charge in [0.05, 0.1) is 38.2 Å². The zero-order valence-electron chi connectivity index (χ0n) is 26.6. The first-order valence-corrected chi connectivity index (χ1v) is 17.0. The number of amides is 1. The fourth-order valence-corrected chi connectivity index (χ4v) is 7.86. The highest BCUT2D eigenvalue weighted by atomic mass is 16.5. The molecule has 9 nitrogen and oxygen atoms in total. The van der Waals surface area contributed by atoms with Crippen LogP contribution < -0.4 is 31.5 Å². The van der Waals surface area contributed by atoms with Gasteiger partial charge in [-0.1, -0.05) is 63.1 Å². The summed E-state index contributed by atoms with van der Waals surface area (Å²) in [6.07, 6.45) is 13.9. The number of hydrogen-bond acceptors (Lipinski definition) is 8. The Labute approximate surface area is 263 Å². The molecule has 5 N–H and O–H groups in total. The molecule has 0 aromatic heterocycles. The molecule has 2 aromatic rings. The van der Waals surface area contributed by atoms with Gasteiger partial charge < -0.3 is 25.4 Å². The van der Waals surface area contributed by atoms with Gasteiger partial charge >= 0.3 is 0 Å². The molecule has 2 aromatic carbocycles. The van der Waals surface area contributed by atoms with Crippen LogP contribution in [0.5, 0.6) is 5.75 Å². The summed E-state index contributed by atoms with van der Waals surface area (Å²) in [7, 11) is 1.65. The molecule has 4 aliphatic rings. The monoisotopic (exact) mass is 604 g/mol. The van der Waals surface area contributed by atoms with Crippen LogP contribution in [-0.4, -0.2) is 68.1 Å². The van der Waals surface area contributed by atoms with Crippen LogP contribution in [0.2, 0.25) is 0 Å². The summed E-state index contributed by atoms with van der Waals surface area (Å²) in [6.45, 7) is 5.29. The van der Waals surface area contributed by atoms with Gasteiger partial charge in [0.1, 0.15) is 5.75 Å². The van der Waals surface area contributed by atoms with E-state index in [1.54, 1.807) is 7.11 Å². The van der Waals surface area contributed by atoms with Crippen LogP contribution in [-0.2, 0) is 4.74 Å². The van der Waals surface area contributed by atoms with Crippen LogP contribution in [0, 0.1) is 5.92 Å². The Balaban J connectivity index is 1.06. The lowest BCUT2D eigenvalue weighted by Crippen LogP contribution is -2.61.